The van der Waals surface area contributed by atoms with Crippen LogP contribution in [0.5, 0.6) is 5.75 Å². The average molecular weight is 292 g/mol. The maximum Gasteiger partial charge on any atom is 0.333 e. The summed E-state index contributed by atoms with van der Waals surface area (Å²) >= 11 is 0. The second kappa shape index (κ2) is 8.09. The van der Waals surface area contributed by atoms with E-state index in [-0.39, 0.29) is 17.2 Å². The van der Waals surface area contributed by atoms with E-state index in [1.807, 2.05) is 19.1 Å². The van der Waals surface area contributed by atoms with Crippen molar-refractivity contribution in [3.63, 3.8) is 0 Å². The van der Waals surface area contributed by atoms with Crippen LogP contribution in [0.1, 0.15) is 18.9 Å². The number of hydrogen-bond donors (Lipinski definition) is 1. The number of methoxy groups -OCH3 is 2. The van der Waals surface area contributed by atoms with Gasteiger partial charge in [0, 0.05) is 11.6 Å². The molecular formula is C16H20O5. The normalized spacial score (nSPS) is 12.6. The Labute approximate surface area is 124 Å². The zero-order chi connectivity index (χ0) is 15.8. The molecule has 114 valence electrons. The molecule has 5 heteroatoms. The summed E-state index contributed by atoms with van der Waals surface area (Å²) in [5.74, 6) is -0.762. The summed E-state index contributed by atoms with van der Waals surface area (Å²) in [6.07, 6.45) is 2.29. The Morgan fingerprint density at radius 1 is 1.19 bits per heavy atom. The Morgan fingerprint density at radius 2 is 1.81 bits per heavy atom. The lowest BCUT2D eigenvalue weighted by Gasteiger charge is -2.13. The minimum absolute atomic E-state index is 0.129. The van der Waals surface area contributed by atoms with Crippen molar-refractivity contribution in [2.75, 3.05) is 14.2 Å². The smallest absolute Gasteiger partial charge is 0.333 e. The van der Waals surface area contributed by atoms with Crippen molar-refractivity contribution < 1.29 is 24.2 Å². The van der Waals surface area contributed by atoms with Gasteiger partial charge in [0.05, 0.1) is 14.2 Å². The van der Waals surface area contributed by atoms with E-state index < -0.39 is 11.9 Å². The van der Waals surface area contributed by atoms with Crippen molar-refractivity contribution in [1.29, 1.82) is 0 Å². The van der Waals surface area contributed by atoms with Gasteiger partial charge in [-0.05, 0) is 36.5 Å². The highest BCUT2D eigenvalue weighted by molar-refractivity contribution is 5.96. The number of ether oxygens (including phenoxy) is 2. The van der Waals surface area contributed by atoms with Crippen molar-refractivity contribution in [2.45, 2.75) is 19.8 Å². The highest BCUT2D eigenvalue weighted by atomic mass is 16.5. The summed E-state index contributed by atoms with van der Waals surface area (Å²) in [6.45, 7) is 1.97. The van der Waals surface area contributed by atoms with Gasteiger partial charge in [-0.15, -0.1) is 0 Å². The molecule has 0 spiro atoms. The van der Waals surface area contributed by atoms with E-state index in [9.17, 15) is 14.7 Å². The molecule has 0 radical (unpaired) electrons. The van der Waals surface area contributed by atoms with Crippen LogP contribution in [0.15, 0.2) is 35.9 Å². The predicted octanol–water partition coefficient (Wildman–Crippen LogP) is 2.23. The van der Waals surface area contributed by atoms with Crippen LogP contribution in [0.4, 0.5) is 0 Å². The molecule has 5 nitrogen and oxygen atoms in total. The Hall–Kier alpha value is -2.30. The Bertz CT molecular complexity index is 516. The fourth-order valence-corrected chi connectivity index (χ4v) is 2.02. The molecule has 0 bridgehead atoms. The first-order valence-corrected chi connectivity index (χ1v) is 6.61. The summed E-state index contributed by atoms with van der Waals surface area (Å²) in [5, 5.41) is 9.25. The van der Waals surface area contributed by atoms with Crippen molar-refractivity contribution in [2.24, 2.45) is 5.92 Å². The molecule has 1 rings (SSSR count). The van der Waals surface area contributed by atoms with Crippen LogP contribution in [0, 0.1) is 5.92 Å². The van der Waals surface area contributed by atoms with Crippen LogP contribution in [0.3, 0.4) is 0 Å². The molecule has 1 unspecified atom stereocenters. The van der Waals surface area contributed by atoms with Gasteiger partial charge < -0.3 is 14.6 Å². The fourth-order valence-electron chi connectivity index (χ4n) is 2.02. The molecule has 1 aromatic rings. The Morgan fingerprint density at radius 3 is 2.33 bits per heavy atom. The molecule has 0 saturated carbocycles. The largest absolute Gasteiger partial charge is 0.508 e. The molecule has 1 aromatic carbocycles. The topological polar surface area (TPSA) is 72.8 Å². The zero-order valence-electron chi connectivity index (χ0n) is 12.5. The third-order valence-electron chi connectivity index (χ3n) is 3.03. The van der Waals surface area contributed by atoms with E-state index >= 15 is 0 Å². The molecule has 0 aliphatic rings. The number of rotatable bonds is 6. The number of carbonyl (C=O) groups is 2. The summed E-state index contributed by atoms with van der Waals surface area (Å²) in [4.78, 5) is 23.0. The Balaban J connectivity index is 2.74. The van der Waals surface area contributed by atoms with Crippen LogP contribution in [-0.4, -0.2) is 31.3 Å². The molecule has 1 N–H and O–H groups in total. The van der Waals surface area contributed by atoms with Crippen molar-refractivity contribution in [3.05, 3.63) is 41.5 Å². The van der Waals surface area contributed by atoms with E-state index in [4.69, 9.17) is 0 Å². The first-order chi connectivity index (χ1) is 9.96. The molecule has 0 fully saturated rings. The number of hydrogen-bond acceptors (Lipinski definition) is 5. The third-order valence-corrected chi connectivity index (χ3v) is 3.03. The van der Waals surface area contributed by atoms with Gasteiger partial charge in [0.1, 0.15) is 5.75 Å². The second-order valence-corrected chi connectivity index (χ2v) is 4.86. The standard InChI is InChI=1S/C16H20O5/c1-11(8-12-4-6-14(17)7-5-12)9-13(16(19)21-3)10-15(18)20-2/h4-7,10-11,17H,8-9H2,1-3H3/b13-10-. The monoisotopic (exact) mass is 292 g/mol. The maximum absolute atomic E-state index is 11.7. The molecule has 1 atom stereocenters. The van der Waals surface area contributed by atoms with Gasteiger partial charge in [-0.25, -0.2) is 9.59 Å². The zero-order valence-corrected chi connectivity index (χ0v) is 12.5. The number of aromatic hydroxyl groups is 1. The molecular weight excluding hydrogens is 272 g/mol. The molecule has 0 amide bonds. The van der Waals surface area contributed by atoms with Crippen LogP contribution in [-0.2, 0) is 25.5 Å². The minimum atomic E-state index is -0.577. The van der Waals surface area contributed by atoms with Crippen LogP contribution in [0.25, 0.3) is 0 Å². The lowest BCUT2D eigenvalue weighted by atomic mass is 9.94. The second-order valence-electron chi connectivity index (χ2n) is 4.86. The van der Waals surface area contributed by atoms with Crippen molar-refractivity contribution >= 4 is 11.9 Å². The minimum Gasteiger partial charge on any atom is -0.508 e. The van der Waals surface area contributed by atoms with Gasteiger partial charge in [-0.1, -0.05) is 19.1 Å². The summed E-state index contributed by atoms with van der Waals surface area (Å²) in [5.41, 5.74) is 1.33. The predicted molar refractivity (Wildman–Crippen MR) is 77.7 cm³/mol. The first-order valence-electron chi connectivity index (χ1n) is 6.61. The number of benzene rings is 1. The van der Waals surface area contributed by atoms with E-state index in [0.29, 0.717) is 6.42 Å². The Kier molecular flexibility index (Phi) is 6.46. The molecule has 0 aliphatic carbocycles. The molecule has 0 saturated heterocycles. The van der Waals surface area contributed by atoms with Gasteiger partial charge in [-0.2, -0.15) is 0 Å². The van der Waals surface area contributed by atoms with Crippen molar-refractivity contribution in [1.82, 2.24) is 0 Å². The number of phenols is 1. The summed E-state index contributed by atoms with van der Waals surface area (Å²) in [6, 6.07) is 6.89. The third kappa shape index (κ3) is 5.69. The van der Waals surface area contributed by atoms with E-state index in [0.717, 1.165) is 12.0 Å². The molecule has 0 aromatic heterocycles. The van der Waals surface area contributed by atoms with Gasteiger partial charge in [-0.3, -0.25) is 0 Å². The van der Waals surface area contributed by atoms with Gasteiger partial charge >= 0.3 is 11.9 Å². The lowest BCUT2D eigenvalue weighted by molar-refractivity contribution is -0.138. The number of carbonyl (C=O) groups excluding carboxylic acids is 2. The SMILES string of the molecule is COC(=O)/C=C(/CC(C)Cc1ccc(O)cc1)C(=O)OC. The maximum atomic E-state index is 11.7. The highest BCUT2D eigenvalue weighted by Gasteiger charge is 2.16. The number of esters is 2. The van der Waals surface area contributed by atoms with Gasteiger partial charge in [0.2, 0.25) is 0 Å². The number of phenolic OH excluding ortho intramolecular Hbond substituents is 1. The molecule has 0 heterocycles. The highest BCUT2D eigenvalue weighted by Crippen LogP contribution is 2.19. The summed E-state index contributed by atoms with van der Waals surface area (Å²) in [7, 11) is 2.53. The van der Waals surface area contributed by atoms with Gasteiger partial charge in [0.15, 0.2) is 0 Å². The first kappa shape index (κ1) is 16.8. The average Bonchev–Trinajstić information content (AvgIpc) is 2.47. The van der Waals surface area contributed by atoms with Crippen LogP contribution in [0.2, 0.25) is 0 Å². The summed E-state index contributed by atoms with van der Waals surface area (Å²) < 4.78 is 9.21. The molecule has 0 aliphatic heterocycles. The van der Waals surface area contributed by atoms with Crippen LogP contribution < -0.4 is 0 Å². The quantitative estimate of drug-likeness (QED) is 0.643. The lowest BCUT2D eigenvalue weighted by Crippen LogP contribution is -2.12. The molecule has 21 heavy (non-hydrogen) atoms. The van der Waals surface area contributed by atoms with E-state index in [1.54, 1.807) is 12.1 Å². The fraction of sp³-hybridized carbons (Fsp3) is 0.375. The van der Waals surface area contributed by atoms with Gasteiger partial charge in [0.25, 0.3) is 0 Å². The van der Waals surface area contributed by atoms with E-state index in [1.165, 1.54) is 20.3 Å². The van der Waals surface area contributed by atoms with E-state index in [2.05, 4.69) is 9.47 Å². The van der Waals surface area contributed by atoms with Crippen molar-refractivity contribution in [3.8, 4) is 5.75 Å². The van der Waals surface area contributed by atoms with Crippen LogP contribution >= 0.6 is 0 Å².